The molecule has 3 rings (SSSR count). The normalized spacial score (nSPS) is 13.2. The zero-order valence-electron chi connectivity index (χ0n) is 21.1. The number of hydrogen-bond acceptors (Lipinski definition) is 5. The van der Waals surface area contributed by atoms with Crippen LogP contribution in [0.4, 0.5) is 0 Å². The van der Waals surface area contributed by atoms with Crippen molar-refractivity contribution in [2.24, 2.45) is 5.92 Å². The molecule has 0 saturated carbocycles. The molecule has 5 nitrogen and oxygen atoms in total. The molecule has 2 unspecified atom stereocenters. The molecule has 0 bridgehead atoms. The van der Waals surface area contributed by atoms with Gasteiger partial charge in [0.15, 0.2) is 0 Å². The highest BCUT2D eigenvalue weighted by atomic mass is 16.7. The van der Waals surface area contributed by atoms with Crippen LogP contribution in [0.15, 0.2) is 91.0 Å². The number of nitrogens with zero attached hydrogens (tertiary/aromatic N) is 2. The van der Waals surface area contributed by atoms with Crippen molar-refractivity contribution in [1.82, 2.24) is 9.96 Å². The summed E-state index contributed by atoms with van der Waals surface area (Å²) in [6.45, 7) is 7.74. The first kappa shape index (κ1) is 26.6. The van der Waals surface area contributed by atoms with E-state index in [0.29, 0.717) is 32.0 Å². The molecule has 0 fully saturated rings. The van der Waals surface area contributed by atoms with Gasteiger partial charge in [0.05, 0.1) is 12.6 Å². The van der Waals surface area contributed by atoms with Gasteiger partial charge >= 0.3 is 5.97 Å². The Balaban J connectivity index is 1.92. The molecule has 0 heterocycles. The Kier molecular flexibility index (Phi) is 10.5. The van der Waals surface area contributed by atoms with Gasteiger partial charge in [0.1, 0.15) is 0 Å². The number of carbonyl (C=O) groups is 1. The smallest absolute Gasteiger partial charge is 0.322 e. The van der Waals surface area contributed by atoms with Crippen LogP contribution in [0, 0.1) is 5.92 Å². The van der Waals surface area contributed by atoms with Crippen LogP contribution in [-0.2, 0) is 29.1 Å². The molecule has 3 aromatic carbocycles. The Morgan fingerprint density at radius 3 is 1.66 bits per heavy atom. The highest BCUT2D eigenvalue weighted by molar-refractivity contribution is 5.65. The summed E-state index contributed by atoms with van der Waals surface area (Å²) in [6.07, 6.45) is -0.0576. The largest absolute Gasteiger partial charge is 0.390 e. The van der Waals surface area contributed by atoms with Gasteiger partial charge < -0.3 is 9.94 Å². The average molecular weight is 475 g/mol. The molecule has 0 aliphatic carbocycles. The molecule has 3 aromatic rings. The zero-order chi connectivity index (χ0) is 25.0. The molecular weight excluding hydrogens is 436 g/mol. The summed E-state index contributed by atoms with van der Waals surface area (Å²) < 4.78 is 0. The Morgan fingerprint density at radius 1 is 0.771 bits per heavy atom. The Hall–Kier alpha value is -2.99. The van der Waals surface area contributed by atoms with Crippen LogP contribution in [0.25, 0.3) is 0 Å². The summed E-state index contributed by atoms with van der Waals surface area (Å²) >= 11 is 0. The second-order valence-electron chi connectivity index (χ2n) is 9.52. The third kappa shape index (κ3) is 9.29. The molecule has 0 spiro atoms. The lowest BCUT2D eigenvalue weighted by molar-refractivity contribution is -0.197. The summed E-state index contributed by atoms with van der Waals surface area (Å²) in [5.41, 5.74) is 3.53. The highest BCUT2D eigenvalue weighted by Gasteiger charge is 2.29. The van der Waals surface area contributed by atoms with Crippen LogP contribution >= 0.6 is 0 Å². The molecule has 35 heavy (non-hydrogen) atoms. The SMILES string of the molecule is CC(=O)ON(CC(C)C)CC(O)C(Cc1ccccc1)N(Cc1ccccc1)Cc1ccccc1. The number of aliphatic hydroxyl groups is 1. The third-order valence-corrected chi connectivity index (χ3v) is 5.87. The number of aliphatic hydroxyl groups excluding tert-OH is 1. The fourth-order valence-electron chi connectivity index (χ4n) is 4.36. The van der Waals surface area contributed by atoms with E-state index in [1.165, 1.54) is 18.1 Å². The molecule has 0 aliphatic heterocycles. The number of hydrogen-bond donors (Lipinski definition) is 1. The fraction of sp³-hybridized carbons (Fsp3) is 0.367. The van der Waals surface area contributed by atoms with Crippen LogP contribution < -0.4 is 0 Å². The molecule has 0 amide bonds. The summed E-state index contributed by atoms with van der Waals surface area (Å²) in [5, 5.41) is 13.2. The number of carbonyl (C=O) groups excluding carboxylic acids is 1. The maximum Gasteiger partial charge on any atom is 0.322 e. The quantitative estimate of drug-likeness (QED) is 0.350. The predicted octanol–water partition coefficient (Wildman–Crippen LogP) is 5.10. The van der Waals surface area contributed by atoms with Gasteiger partial charge in [-0.1, -0.05) is 105 Å². The van der Waals surface area contributed by atoms with Crippen LogP contribution in [-0.4, -0.2) is 46.3 Å². The monoisotopic (exact) mass is 474 g/mol. The third-order valence-electron chi connectivity index (χ3n) is 5.87. The Morgan fingerprint density at radius 2 is 1.23 bits per heavy atom. The van der Waals surface area contributed by atoms with E-state index in [2.05, 4.69) is 55.1 Å². The van der Waals surface area contributed by atoms with E-state index >= 15 is 0 Å². The number of benzene rings is 3. The van der Waals surface area contributed by atoms with Gasteiger partial charge in [-0.15, -0.1) is 5.06 Å². The predicted molar refractivity (Wildman–Crippen MR) is 140 cm³/mol. The molecule has 0 saturated heterocycles. The maximum atomic E-state index is 11.7. The standard InChI is InChI=1S/C30H38N2O3/c1-24(2)20-32(35-25(3)33)23-30(34)29(19-26-13-7-4-8-14-26)31(21-27-15-9-5-10-16-27)22-28-17-11-6-12-18-28/h4-18,24,29-30,34H,19-23H2,1-3H3. The molecule has 5 heteroatoms. The molecular formula is C30H38N2O3. The lowest BCUT2D eigenvalue weighted by Crippen LogP contribution is -2.50. The van der Waals surface area contributed by atoms with E-state index in [-0.39, 0.29) is 18.6 Å². The van der Waals surface area contributed by atoms with E-state index < -0.39 is 6.10 Å². The van der Waals surface area contributed by atoms with E-state index in [1.807, 2.05) is 54.6 Å². The minimum Gasteiger partial charge on any atom is -0.390 e. The second kappa shape index (κ2) is 13.8. The van der Waals surface area contributed by atoms with Crippen molar-refractivity contribution in [2.45, 2.75) is 52.4 Å². The fourth-order valence-corrected chi connectivity index (χ4v) is 4.36. The van der Waals surface area contributed by atoms with Crippen molar-refractivity contribution in [1.29, 1.82) is 0 Å². The Bertz CT molecular complexity index is 954. The van der Waals surface area contributed by atoms with Crippen LogP contribution in [0.5, 0.6) is 0 Å². The molecule has 0 aromatic heterocycles. The first-order valence-corrected chi connectivity index (χ1v) is 12.4. The first-order chi connectivity index (χ1) is 16.9. The lowest BCUT2D eigenvalue weighted by Gasteiger charge is -2.37. The summed E-state index contributed by atoms with van der Waals surface area (Å²) in [5.74, 6) is -0.0817. The lowest BCUT2D eigenvalue weighted by atomic mass is 9.97. The molecule has 0 radical (unpaired) electrons. The van der Waals surface area contributed by atoms with Crippen molar-refractivity contribution in [3.63, 3.8) is 0 Å². The Labute approximate surface area is 209 Å². The molecule has 2 atom stereocenters. The van der Waals surface area contributed by atoms with Gasteiger partial charge in [-0.05, 0) is 29.0 Å². The molecule has 186 valence electrons. The highest BCUT2D eigenvalue weighted by Crippen LogP contribution is 2.21. The summed E-state index contributed by atoms with van der Waals surface area (Å²) in [7, 11) is 0. The first-order valence-electron chi connectivity index (χ1n) is 12.4. The topological polar surface area (TPSA) is 53.0 Å². The van der Waals surface area contributed by atoms with Gasteiger partial charge in [0.2, 0.25) is 0 Å². The van der Waals surface area contributed by atoms with Gasteiger partial charge in [-0.25, -0.2) is 0 Å². The van der Waals surface area contributed by atoms with Crippen LogP contribution in [0.3, 0.4) is 0 Å². The molecule has 1 N–H and O–H groups in total. The van der Waals surface area contributed by atoms with Gasteiger partial charge in [-0.2, -0.15) is 0 Å². The molecule has 0 aliphatic rings. The maximum absolute atomic E-state index is 11.7. The van der Waals surface area contributed by atoms with Gasteiger partial charge in [0.25, 0.3) is 0 Å². The summed E-state index contributed by atoms with van der Waals surface area (Å²) in [4.78, 5) is 19.5. The average Bonchev–Trinajstić information content (AvgIpc) is 2.83. The van der Waals surface area contributed by atoms with E-state index in [4.69, 9.17) is 4.84 Å². The van der Waals surface area contributed by atoms with E-state index in [9.17, 15) is 9.90 Å². The van der Waals surface area contributed by atoms with E-state index in [0.717, 1.165) is 5.56 Å². The van der Waals surface area contributed by atoms with Crippen molar-refractivity contribution in [2.75, 3.05) is 13.1 Å². The van der Waals surface area contributed by atoms with Crippen molar-refractivity contribution < 1.29 is 14.7 Å². The van der Waals surface area contributed by atoms with Crippen molar-refractivity contribution >= 4 is 5.97 Å². The minimum absolute atomic E-state index is 0.192. The minimum atomic E-state index is -0.735. The van der Waals surface area contributed by atoms with Crippen LogP contribution in [0.2, 0.25) is 0 Å². The van der Waals surface area contributed by atoms with Crippen LogP contribution in [0.1, 0.15) is 37.5 Å². The second-order valence-corrected chi connectivity index (χ2v) is 9.52. The number of rotatable bonds is 13. The summed E-state index contributed by atoms with van der Waals surface area (Å²) in [6, 6.07) is 30.8. The zero-order valence-corrected chi connectivity index (χ0v) is 21.1. The van der Waals surface area contributed by atoms with E-state index in [1.54, 1.807) is 5.06 Å². The van der Waals surface area contributed by atoms with Crippen molar-refractivity contribution in [3.8, 4) is 0 Å². The van der Waals surface area contributed by atoms with Gasteiger partial charge in [0, 0.05) is 32.6 Å². The number of hydroxylamine groups is 2. The van der Waals surface area contributed by atoms with Gasteiger partial charge in [-0.3, -0.25) is 9.69 Å². The van der Waals surface area contributed by atoms with Crippen molar-refractivity contribution in [3.05, 3.63) is 108 Å².